The SMILES string of the molecule is O=C(NCCc1c[nH]c2ccccc12)c1sccc1S(=O)(=O)N1CCc2ccccc2C1. The molecule has 0 unspecified atom stereocenters. The number of aromatic amines is 1. The second-order valence-corrected chi connectivity index (χ2v) is 10.7. The molecule has 0 atom stereocenters. The third-order valence-electron chi connectivity index (χ3n) is 5.90. The Morgan fingerprint density at radius 1 is 1.06 bits per heavy atom. The van der Waals surface area contributed by atoms with Crippen molar-refractivity contribution in [1.82, 2.24) is 14.6 Å². The molecule has 8 heteroatoms. The molecule has 0 saturated heterocycles. The van der Waals surface area contributed by atoms with E-state index in [9.17, 15) is 13.2 Å². The van der Waals surface area contributed by atoms with Gasteiger partial charge in [-0.2, -0.15) is 4.31 Å². The van der Waals surface area contributed by atoms with E-state index in [1.54, 1.807) is 5.38 Å². The van der Waals surface area contributed by atoms with Crippen molar-refractivity contribution in [3.8, 4) is 0 Å². The number of carbonyl (C=O) groups is 1. The molecule has 0 fully saturated rings. The van der Waals surface area contributed by atoms with Crippen LogP contribution in [-0.4, -0.2) is 36.7 Å². The second-order valence-electron chi connectivity index (χ2n) is 7.84. The predicted octanol–water partition coefficient (Wildman–Crippen LogP) is 3.95. The standard InChI is InChI=1S/C24H23N3O3S2/c28-24(25-12-9-18-15-26-21-8-4-3-7-20(18)21)23-22(11-14-31-23)32(29,30)27-13-10-17-5-1-2-6-19(17)16-27/h1-8,11,14-15,26H,9-10,12-13,16H2,(H,25,28). The van der Waals surface area contributed by atoms with Gasteiger partial charge in [0, 0.05) is 36.7 Å². The molecular weight excluding hydrogens is 442 g/mol. The molecule has 3 heterocycles. The summed E-state index contributed by atoms with van der Waals surface area (Å²) in [7, 11) is -3.76. The third kappa shape index (κ3) is 3.85. The van der Waals surface area contributed by atoms with E-state index in [4.69, 9.17) is 0 Å². The van der Waals surface area contributed by atoms with Crippen LogP contribution in [0.2, 0.25) is 0 Å². The molecule has 2 aromatic heterocycles. The van der Waals surface area contributed by atoms with E-state index < -0.39 is 10.0 Å². The van der Waals surface area contributed by atoms with Crippen LogP contribution in [0.5, 0.6) is 0 Å². The molecule has 6 nitrogen and oxygen atoms in total. The van der Waals surface area contributed by atoms with Crippen molar-refractivity contribution in [3.05, 3.63) is 87.7 Å². The zero-order valence-electron chi connectivity index (χ0n) is 17.4. The molecule has 0 radical (unpaired) electrons. The Morgan fingerprint density at radius 3 is 2.72 bits per heavy atom. The van der Waals surface area contributed by atoms with Gasteiger partial charge in [-0.3, -0.25) is 4.79 Å². The van der Waals surface area contributed by atoms with Crippen molar-refractivity contribution in [3.63, 3.8) is 0 Å². The van der Waals surface area contributed by atoms with E-state index in [0.717, 1.165) is 33.4 Å². The molecular formula is C24H23N3O3S2. The highest BCUT2D eigenvalue weighted by Crippen LogP contribution is 2.29. The van der Waals surface area contributed by atoms with Crippen LogP contribution in [0.15, 0.2) is 71.1 Å². The lowest BCUT2D eigenvalue weighted by Crippen LogP contribution is -2.37. The van der Waals surface area contributed by atoms with Crippen LogP contribution in [0.3, 0.4) is 0 Å². The lowest BCUT2D eigenvalue weighted by Gasteiger charge is -2.28. The summed E-state index contributed by atoms with van der Waals surface area (Å²) in [6, 6.07) is 17.5. The van der Waals surface area contributed by atoms with Crippen LogP contribution < -0.4 is 5.32 Å². The molecule has 0 saturated carbocycles. The highest BCUT2D eigenvalue weighted by molar-refractivity contribution is 7.89. The van der Waals surface area contributed by atoms with Gasteiger partial charge < -0.3 is 10.3 Å². The number of nitrogens with zero attached hydrogens (tertiary/aromatic N) is 1. The molecule has 32 heavy (non-hydrogen) atoms. The number of fused-ring (bicyclic) bond motifs is 2. The smallest absolute Gasteiger partial charge is 0.262 e. The molecule has 4 aromatic rings. The van der Waals surface area contributed by atoms with Crippen molar-refractivity contribution in [2.24, 2.45) is 0 Å². The van der Waals surface area contributed by atoms with Gasteiger partial charge in [-0.05, 0) is 47.0 Å². The lowest BCUT2D eigenvalue weighted by atomic mass is 10.0. The summed E-state index contributed by atoms with van der Waals surface area (Å²) in [6.45, 7) is 1.17. The average Bonchev–Trinajstić information content (AvgIpc) is 3.47. The molecule has 0 bridgehead atoms. The Bertz CT molecular complexity index is 1390. The number of amides is 1. The monoisotopic (exact) mass is 465 g/mol. The highest BCUT2D eigenvalue weighted by atomic mass is 32.2. The largest absolute Gasteiger partial charge is 0.361 e. The summed E-state index contributed by atoms with van der Waals surface area (Å²) < 4.78 is 28.2. The Balaban J connectivity index is 1.29. The zero-order chi connectivity index (χ0) is 22.1. The van der Waals surface area contributed by atoms with Crippen LogP contribution in [-0.2, 0) is 29.4 Å². The van der Waals surface area contributed by atoms with E-state index in [2.05, 4.69) is 10.3 Å². The number of nitrogens with one attached hydrogen (secondary N) is 2. The minimum atomic E-state index is -3.76. The van der Waals surface area contributed by atoms with Gasteiger partial charge in [-0.1, -0.05) is 42.5 Å². The van der Waals surface area contributed by atoms with Crippen LogP contribution >= 0.6 is 11.3 Å². The van der Waals surface area contributed by atoms with Crippen LogP contribution in [0.25, 0.3) is 10.9 Å². The number of hydrogen-bond acceptors (Lipinski definition) is 4. The maximum atomic E-state index is 13.3. The molecule has 0 spiro atoms. The molecule has 1 aliphatic heterocycles. The normalized spacial score (nSPS) is 14.4. The van der Waals surface area contributed by atoms with Gasteiger partial charge in [-0.15, -0.1) is 11.3 Å². The van der Waals surface area contributed by atoms with Gasteiger partial charge in [0.05, 0.1) is 0 Å². The first-order valence-electron chi connectivity index (χ1n) is 10.5. The molecule has 0 aliphatic carbocycles. The number of rotatable bonds is 6. The highest BCUT2D eigenvalue weighted by Gasteiger charge is 2.32. The summed E-state index contributed by atoms with van der Waals surface area (Å²) >= 11 is 1.16. The van der Waals surface area contributed by atoms with E-state index >= 15 is 0 Å². The summed E-state index contributed by atoms with van der Waals surface area (Å²) in [5, 5.41) is 5.69. The number of hydrogen-bond donors (Lipinski definition) is 2. The molecule has 5 rings (SSSR count). The van der Waals surface area contributed by atoms with Crippen molar-refractivity contribution < 1.29 is 13.2 Å². The minimum absolute atomic E-state index is 0.0893. The van der Waals surface area contributed by atoms with Crippen molar-refractivity contribution in [1.29, 1.82) is 0 Å². The molecule has 2 aromatic carbocycles. The first-order valence-corrected chi connectivity index (χ1v) is 12.8. The van der Waals surface area contributed by atoms with E-state index in [-0.39, 0.29) is 15.7 Å². The van der Waals surface area contributed by atoms with Gasteiger partial charge >= 0.3 is 0 Å². The summed E-state index contributed by atoms with van der Waals surface area (Å²) in [5.41, 5.74) is 4.37. The number of aromatic nitrogens is 1. The van der Waals surface area contributed by atoms with Crippen molar-refractivity contribution in [2.45, 2.75) is 24.3 Å². The lowest BCUT2D eigenvalue weighted by molar-refractivity contribution is 0.0955. The Labute approximate surface area is 190 Å². The number of benzene rings is 2. The van der Waals surface area contributed by atoms with Crippen molar-refractivity contribution in [2.75, 3.05) is 13.1 Å². The number of sulfonamides is 1. The number of carbonyl (C=O) groups excluding carboxylic acids is 1. The van der Waals surface area contributed by atoms with Crippen molar-refractivity contribution >= 4 is 38.2 Å². The van der Waals surface area contributed by atoms with Crippen LogP contribution in [0.4, 0.5) is 0 Å². The maximum Gasteiger partial charge on any atom is 0.262 e. The fourth-order valence-electron chi connectivity index (χ4n) is 4.21. The first-order chi connectivity index (χ1) is 15.5. The predicted molar refractivity (Wildman–Crippen MR) is 126 cm³/mol. The topological polar surface area (TPSA) is 82.3 Å². The van der Waals surface area contributed by atoms with Gasteiger partial charge in [0.15, 0.2) is 0 Å². The van der Waals surface area contributed by atoms with Gasteiger partial charge in [0.1, 0.15) is 9.77 Å². The fourth-order valence-corrected chi connectivity index (χ4v) is 6.95. The van der Waals surface area contributed by atoms with Crippen LogP contribution in [0, 0.1) is 0 Å². The second kappa shape index (κ2) is 8.54. The Hall–Kier alpha value is -2.94. The van der Waals surface area contributed by atoms with E-state index in [0.29, 0.717) is 32.5 Å². The zero-order valence-corrected chi connectivity index (χ0v) is 19.0. The number of H-pyrrole nitrogens is 1. The maximum absolute atomic E-state index is 13.3. The first kappa shape index (κ1) is 20.9. The third-order valence-corrected chi connectivity index (χ3v) is 8.83. The Kier molecular flexibility index (Phi) is 5.58. The Morgan fingerprint density at radius 2 is 1.84 bits per heavy atom. The quantitative estimate of drug-likeness (QED) is 0.452. The number of para-hydroxylation sites is 1. The van der Waals surface area contributed by atoms with E-state index in [1.165, 1.54) is 15.9 Å². The van der Waals surface area contributed by atoms with Gasteiger partial charge in [-0.25, -0.2) is 8.42 Å². The van der Waals surface area contributed by atoms with Gasteiger partial charge in [0.2, 0.25) is 10.0 Å². The average molecular weight is 466 g/mol. The minimum Gasteiger partial charge on any atom is -0.361 e. The molecule has 164 valence electrons. The fraction of sp³-hybridized carbons (Fsp3) is 0.208. The summed E-state index contributed by atoms with van der Waals surface area (Å²) in [4.78, 5) is 16.4. The van der Waals surface area contributed by atoms with E-state index in [1.807, 2.05) is 54.7 Å². The molecule has 1 amide bonds. The molecule has 2 N–H and O–H groups in total. The molecule has 1 aliphatic rings. The summed E-state index contributed by atoms with van der Waals surface area (Å²) in [5.74, 6) is -0.351. The van der Waals surface area contributed by atoms with Crippen LogP contribution in [0.1, 0.15) is 26.4 Å². The summed E-state index contributed by atoms with van der Waals surface area (Å²) in [6.07, 6.45) is 3.28. The van der Waals surface area contributed by atoms with Gasteiger partial charge in [0.25, 0.3) is 5.91 Å². The number of thiophene rings is 1.